The second kappa shape index (κ2) is 21.9. The van der Waals surface area contributed by atoms with Gasteiger partial charge in [0.1, 0.15) is 0 Å². The molecule has 0 N–H and O–H groups in total. The summed E-state index contributed by atoms with van der Waals surface area (Å²) in [5.74, 6) is 0. The van der Waals surface area contributed by atoms with E-state index in [0.29, 0.717) is 7.25 Å². The van der Waals surface area contributed by atoms with Crippen molar-refractivity contribution in [3.8, 4) is 44.5 Å². The third-order valence-electron chi connectivity index (χ3n) is 15.2. The van der Waals surface area contributed by atoms with Gasteiger partial charge in [-0.15, -0.1) is 24.8 Å². The number of halogens is 2. The van der Waals surface area contributed by atoms with E-state index in [4.69, 9.17) is 0 Å². The maximum absolute atomic E-state index is 4.28. The van der Waals surface area contributed by atoms with E-state index < -0.39 is 17.4 Å². The van der Waals surface area contributed by atoms with Crippen LogP contribution in [0.25, 0.3) is 56.7 Å². The molecular weight excluding hydrogens is 959 g/mol. The number of aryl methyl sites for hydroxylation is 8. The fourth-order valence-corrected chi connectivity index (χ4v) is 32.6. The van der Waals surface area contributed by atoms with Crippen molar-refractivity contribution in [1.82, 2.24) is 0 Å². The molecule has 0 spiro atoms. The summed E-state index contributed by atoms with van der Waals surface area (Å²) in [6.07, 6.45) is 18.1. The first kappa shape index (κ1) is 53.8. The molecule has 2 aliphatic carbocycles. The zero-order chi connectivity index (χ0) is 47.1. The van der Waals surface area contributed by atoms with Gasteiger partial charge >= 0.3 is 406 Å². The monoisotopic (exact) mass is 1040 g/mol. The summed E-state index contributed by atoms with van der Waals surface area (Å²) in [5.41, 5.74) is 31.6. The molecular formula is C64H80Cl2SiZr. The van der Waals surface area contributed by atoms with Crippen LogP contribution >= 0.6 is 24.8 Å². The van der Waals surface area contributed by atoms with Crippen LogP contribution in [0.2, 0.25) is 9.26 Å². The zero-order valence-corrected chi connectivity index (χ0v) is 49.1. The number of unbranched alkanes of at least 4 members (excludes halogenated alkanes) is 6. The summed E-state index contributed by atoms with van der Waals surface area (Å²) in [6, 6.07) is 39.1. The first-order valence-corrected chi connectivity index (χ1v) is 39.3. The third-order valence-corrected chi connectivity index (χ3v) is 32.6. The zero-order valence-electron chi connectivity index (χ0n) is 43.6. The Kier molecular flexibility index (Phi) is 17.3. The van der Waals surface area contributed by atoms with Gasteiger partial charge in [0.05, 0.1) is 0 Å². The van der Waals surface area contributed by atoms with Gasteiger partial charge < -0.3 is 0 Å². The fourth-order valence-electron chi connectivity index (χ4n) is 12.9. The van der Waals surface area contributed by atoms with E-state index in [1.807, 2.05) is 0 Å². The molecule has 358 valence electrons. The number of fused-ring (bicyclic) bond motifs is 2. The van der Waals surface area contributed by atoms with Crippen LogP contribution in [0.15, 0.2) is 108 Å². The molecule has 0 aliphatic heterocycles. The predicted octanol–water partition coefficient (Wildman–Crippen LogP) is 19.5. The molecule has 0 aromatic heterocycles. The van der Waals surface area contributed by atoms with Gasteiger partial charge in [-0.1, -0.05) is 0 Å². The molecule has 0 heterocycles. The minimum absolute atomic E-state index is 0. The molecule has 0 radical (unpaired) electrons. The summed E-state index contributed by atoms with van der Waals surface area (Å²) in [5, 5.41) is 0. The van der Waals surface area contributed by atoms with Crippen molar-refractivity contribution in [2.24, 2.45) is 0 Å². The SMILES string of the molecule is CCCCCCC1=Cc2c(-c3cc(C)cc(C)c3)ccc(-c3cc(C)cc(C)c3)c2[CH]1[Zr]([CH3])([CH3])(=[SiH2])[CH]1C(CCCCCC)=Cc2c(-c3cc(C)cc(C)c3)ccc(-c3cc(C)cc(C)c3)c21.Cl.Cl. The van der Waals surface area contributed by atoms with Crippen LogP contribution in [0, 0.1) is 55.4 Å². The maximum atomic E-state index is 2.92. The van der Waals surface area contributed by atoms with E-state index in [1.54, 1.807) is 22.3 Å². The van der Waals surface area contributed by atoms with Crippen molar-refractivity contribution in [1.29, 1.82) is 0 Å². The van der Waals surface area contributed by atoms with Gasteiger partial charge in [-0.2, -0.15) is 0 Å². The van der Waals surface area contributed by atoms with Gasteiger partial charge in [-0.05, 0) is 0 Å². The Labute approximate surface area is 427 Å². The van der Waals surface area contributed by atoms with Crippen molar-refractivity contribution in [3.05, 3.63) is 175 Å². The Morgan fingerprint density at radius 2 is 0.647 bits per heavy atom. The average molecular weight is 1040 g/mol. The van der Waals surface area contributed by atoms with Crippen molar-refractivity contribution in [2.75, 3.05) is 0 Å². The van der Waals surface area contributed by atoms with Crippen LogP contribution in [0.4, 0.5) is 0 Å². The first-order chi connectivity index (χ1) is 31.4. The maximum Gasteiger partial charge on any atom is -0.147 e. The quantitative estimate of drug-likeness (QED) is 0.0669. The van der Waals surface area contributed by atoms with Gasteiger partial charge in [0.15, 0.2) is 0 Å². The van der Waals surface area contributed by atoms with Crippen LogP contribution in [-0.2, 0) is 17.4 Å². The van der Waals surface area contributed by atoms with Crippen molar-refractivity contribution < 1.29 is 17.4 Å². The molecule has 0 saturated heterocycles. The molecule has 2 unspecified atom stereocenters. The number of allylic oxidation sites excluding steroid dienone is 2. The molecule has 0 saturated carbocycles. The van der Waals surface area contributed by atoms with Crippen LogP contribution in [0.3, 0.4) is 0 Å². The van der Waals surface area contributed by atoms with E-state index in [2.05, 4.69) is 195 Å². The normalized spacial score (nSPS) is 15.3. The molecule has 68 heavy (non-hydrogen) atoms. The smallest absolute Gasteiger partial charge is 0.147 e. The van der Waals surface area contributed by atoms with Crippen LogP contribution in [0.1, 0.15) is 152 Å². The van der Waals surface area contributed by atoms with E-state index in [0.717, 1.165) is 0 Å². The van der Waals surface area contributed by atoms with Crippen LogP contribution in [0.5, 0.6) is 0 Å². The van der Waals surface area contributed by atoms with E-state index in [-0.39, 0.29) is 24.8 Å². The Balaban J connectivity index is 0.00000381. The number of hydrogen-bond donors (Lipinski definition) is 0. The fraction of sp³-hybridized carbons (Fsp3) is 0.375. The first-order valence-electron chi connectivity index (χ1n) is 25.6. The number of hydrogen-bond acceptors (Lipinski definition) is 0. The molecule has 2 atom stereocenters. The standard InChI is InChI=1S/2C31H35.2CH3.2ClH.H2Si.Zr/c2*1-6-7-8-9-10-25-19-30-28(26-15-21(2)13-22(3)16-26)11-12-29(31(30)20-25)27-17-23(4)14-24(5)18-27;;;;;;/h2*11-20H,6-10H2,1-5H3;2*1H3;2*1H;1H2;. The Morgan fingerprint density at radius 1 is 0.382 bits per heavy atom. The molecule has 6 aromatic rings. The Bertz CT molecular complexity index is 2700. The molecule has 2 aliphatic rings. The minimum atomic E-state index is -4.28. The van der Waals surface area contributed by atoms with Crippen LogP contribution < -0.4 is 0 Å². The van der Waals surface area contributed by atoms with Gasteiger partial charge in [0.2, 0.25) is 0 Å². The summed E-state index contributed by atoms with van der Waals surface area (Å²) in [7, 11) is 0. The molecule has 0 bridgehead atoms. The van der Waals surface area contributed by atoms with E-state index in [9.17, 15) is 0 Å². The number of rotatable bonds is 16. The van der Waals surface area contributed by atoms with Crippen molar-refractivity contribution >= 4 is 43.8 Å². The summed E-state index contributed by atoms with van der Waals surface area (Å²) in [4.78, 5) is 0. The second-order valence-corrected chi connectivity index (χ2v) is 52.8. The molecule has 0 nitrogen and oxygen atoms in total. The molecule has 8 rings (SSSR count). The second-order valence-electron chi connectivity index (χ2n) is 22.3. The summed E-state index contributed by atoms with van der Waals surface area (Å²) < 4.78 is 6.63. The third kappa shape index (κ3) is 11.0. The molecule has 0 fully saturated rings. The number of benzene rings is 6. The molecule has 0 amide bonds. The Morgan fingerprint density at radius 3 is 0.926 bits per heavy atom. The van der Waals surface area contributed by atoms with Gasteiger partial charge in [-0.3, -0.25) is 0 Å². The minimum Gasteiger partial charge on any atom is -0.147 e. The van der Waals surface area contributed by atoms with Gasteiger partial charge in [-0.25, -0.2) is 0 Å². The summed E-state index contributed by atoms with van der Waals surface area (Å²) in [6.45, 7) is 25.5. The molecule has 6 aromatic carbocycles. The summed E-state index contributed by atoms with van der Waals surface area (Å²) >= 11 is -4.28. The van der Waals surface area contributed by atoms with Gasteiger partial charge in [0, 0.05) is 0 Å². The van der Waals surface area contributed by atoms with Crippen molar-refractivity contribution in [3.63, 3.8) is 0 Å². The average Bonchev–Trinajstić information content (AvgIpc) is 3.83. The molecule has 4 heteroatoms. The van der Waals surface area contributed by atoms with E-state index in [1.165, 1.54) is 164 Å². The Hall–Kier alpha value is -3.52. The van der Waals surface area contributed by atoms with E-state index >= 15 is 0 Å². The topological polar surface area (TPSA) is 0 Å². The van der Waals surface area contributed by atoms with Crippen molar-refractivity contribution in [2.45, 2.75) is 150 Å². The van der Waals surface area contributed by atoms with Gasteiger partial charge in [0.25, 0.3) is 0 Å². The predicted molar refractivity (Wildman–Crippen MR) is 306 cm³/mol. The largest absolute Gasteiger partial charge is 0.147 e. The van der Waals surface area contributed by atoms with Crippen LogP contribution in [-0.4, -0.2) is 6.88 Å².